The molecule has 0 aliphatic carbocycles. The first-order valence-corrected chi connectivity index (χ1v) is 7.57. The molecular formula is C20H19NO. The molecular weight excluding hydrogens is 270 g/mol. The van der Waals surface area contributed by atoms with Gasteiger partial charge in [0.1, 0.15) is 5.75 Å². The summed E-state index contributed by atoms with van der Waals surface area (Å²) in [6.07, 6.45) is 4.74. The van der Waals surface area contributed by atoms with Crippen molar-refractivity contribution in [2.24, 2.45) is 0 Å². The molecule has 0 fully saturated rings. The maximum Gasteiger partial charge on any atom is 0.116 e. The van der Waals surface area contributed by atoms with Gasteiger partial charge in [0.15, 0.2) is 0 Å². The van der Waals surface area contributed by atoms with Gasteiger partial charge in [-0.25, -0.2) is 0 Å². The van der Waals surface area contributed by atoms with Gasteiger partial charge in [0, 0.05) is 18.3 Å². The van der Waals surface area contributed by atoms with Crippen LogP contribution >= 0.6 is 0 Å². The summed E-state index contributed by atoms with van der Waals surface area (Å²) in [5, 5.41) is 9.60. The maximum absolute atomic E-state index is 9.60. The van der Waals surface area contributed by atoms with Crippen molar-refractivity contribution in [3.63, 3.8) is 0 Å². The average Bonchev–Trinajstić information content (AvgIpc) is 2.57. The number of aromatic hydroxyl groups is 1. The number of phenolic OH excluding ortho intramolecular Hbond substituents is 1. The zero-order chi connectivity index (χ0) is 15.4. The Kier molecular flexibility index (Phi) is 4.19. The van der Waals surface area contributed by atoms with E-state index in [0.717, 1.165) is 17.5 Å². The Hall–Kier alpha value is -2.61. The molecule has 0 spiro atoms. The Morgan fingerprint density at radius 3 is 2.18 bits per heavy atom. The molecule has 0 saturated heterocycles. The number of nitrogens with zero attached hydrogens (tertiary/aromatic N) is 1. The molecule has 1 N–H and O–H groups in total. The second-order valence-corrected chi connectivity index (χ2v) is 5.41. The fourth-order valence-electron chi connectivity index (χ4n) is 2.85. The van der Waals surface area contributed by atoms with Crippen LogP contribution in [0.1, 0.15) is 30.4 Å². The summed E-state index contributed by atoms with van der Waals surface area (Å²) in [6, 6.07) is 20.1. The third kappa shape index (κ3) is 3.01. The van der Waals surface area contributed by atoms with Crippen molar-refractivity contribution in [2.75, 3.05) is 0 Å². The molecule has 110 valence electrons. The van der Waals surface area contributed by atoms with Crippen LogP contribution < -0.4 is 0 Å². The highest BCUT2D eigenvalue weighted by atomic mass is 16.3. The summed E-state index contributed by atoms with van der Waals surface area (Å²) < 4.78 is 0. The van der Waals surface area contributed by atoms with Crippen LogP contribution in [0.2, 0.25) is 0 Å². The Labute approximate surface area is 131 Å². The molecule has 0 amide bonds. The highest BCUT2D eigenvalue weighted by Crippen LogP contribution is 2.30. The fourth-order valence-corrected chi connectivity index (χ4v) is 2.85. The number of aromatic nitrogens is 1. The molecule has 0 aliphatic rings. The standard InChI is InChI=1S/C20H19NO/c1-2-20(17-10-12-21-13-11-17)16-8-6-15(7-9-16)18-4-3-5-19(22)14-18/h3-14,20,22H,2H2,1H3. The molecule has 3 rings (SSSR count). The average molecular weight is 289 g/mol. The van der Waals surface area contributed by atoms with E-state index in [0.29, 0.717) is 11.7 Å². The Bertz CT molecular complexity index is 735. The normalized spacial score (nSPS) is 12.0. The molecule has 1 aromatic heterocycles. The lowest BCUT2D eigenvalue weighted by molar-refractivity contribution is 0.475. The Morgan fingerprint density at radius 2 is 1.55 bits per heavy atom. The van der Waals surface area contributed by atoms with Crippen LogP contribution in [0.5, 0.6) is 5.75 Å². The van der Waals surface area contributed by atoms with Crippen molar-refractivity contribution >= 4 is 0 Å². The van der Waals surface area contributed by atoms with Gasteiger partial charge in [-0.15, -0.1) is 0 Å². The van der Waals surface area contributed by atoms with Gasteiger partial charge in [0.25, 0.3) is 0 Å². The zero-order valence-corrected chi connectivity index (χ0v) is 12.6. The van der Waals surface area contributed by atoms with Gasteiger partial charge in [-0.3, -0.25) is 4.98 Å². The van der Waals surface area contributed by atoms with E-state index < -0.39 is 0 Å². The zero-order valence-electron chi connectivity index (χ0n) is 12.6. The van der Waals surface area contributed by atoms with Crippen LogP contribution in [-0.4, -0.2) is 10.1 Å². The molecule has 0 saturated carbocycles. The van der Waals surface area contributed by atoms with E-state index in [-0.39, 0.29) is 0 Å². The quantitative estimate of drug-likeness (QED) is 0.733. The van der Waals surface area contributed by atoms with Crippen LogP contribution in [0.25, 0.3) is 11.1 Å². The summed E-state index contributed by atoms with van der Waals surface area (Å²) in [6.45, 7) is 2.20. The van der Waals surface area contributed by atoms with Crippen molar-refractivity contribution in [1.29, 1.82) is 0 Å². The maximum atomic E-state index is 9.60. The highest BCUT2D eigenvalue weighted by molar-refractivity contribution is 5.65. The van der Waals surface area contributed by atoms with Crippen LogP contribution in [0.3, 0.4) is 0 Å². The topological polar surface area (TPSA) is 33.1 Å². The molecule has 0 radical (unpaired) electrons. The largest absolute Gasteiger partial charge is 0.508 e. The summed E-state index contributed by atoms with van der Waals surface area (Å²) in [5.74, 6) is 0.686. The van der Waals surface area contributed by atoms with E-state index in [1.165, 1.54) is 11.1 Å². The Balaban J connectivity index is 1.90. The van der Waals surface area contributed by atoms with Crippen LogP contribution in [0.15, 0.2) is 73.1 Å². The first kappa shape index (κ1) is 14.3. The van der Waals surface area contributed by atoms with Crippen LogP contribution in [0.4, 0.5) is 0 Å². The van der Waals surface area contributed by atoms with E-state index in [9.17, 15) is 5.11 Å². The van der Waals surface area contributed by atoms with Crippen LogP contribution in [-0.2, 0) is 0 Å². The summed E-state index contributed by atoms with van der Waals surface area (Å²) in [7, 11) is 0. The van der Waals surface area contributed by atoms with Crippen molar-refractivity contribution in [3.8, 4) is 16.9 Å². The lowest BCUT2D eigenvalue weighted by Gasteiger charge is -2.16. The third-order valence-corrected chi connectivity index (χ3v) is 4.01. The van der Waals surface area contributed by atoms with Gasteiger partial charge in [0.05, 0.1) is 0 Å². The van der Waals surface area contributed by atoms with Crippen molar-refractivity contribution in [1.82, 2.24) is 4.98 Å². The van der Waals surface area contributed by atoms with Gasteiger partial charge < -0.3 is 5.11 Å². The van der Waals surface area contributed by atoms with E-state index in [4.69, 9.17) is 0 Å². The third-order valence-electron chi connectivity index (χ3n) is 4.01. The molecule has 2 heteroatoms. The van der Waals surface area contributed by atoms with Gasteiger partial charge in [-0.2, -0.15) is 0 Å². The SMILES string of the molecule is CCC(c1ccncc1)c1ccc(-c2cccc(O)c2)cc1. The van der Waals surface area contributed by atoms with Gasteiger partial charge in [-0.05, 0) is 52.9 Å². The Morgan fingerprint density at radius 1 is 0.864 bits per heavy atom. The van der Waals surface area contributed by atoms with E-state index in [1.54, 1.807) is 12.1 Å². The number of benzene rings is 2. The predicted molar refractivity (Wildman–Crippen MR) is 89.9 cm³/mol. The monoisotopic (exact) mass is 289 g/mol. The van der Waals surface area contributed by atoms with Crippen molar-refractivity contribution < 1.29 is 5.11 Å². The molecule has 1 unspecified atom stereocenters. The number of rotatable bonds is 4. The van der Waals surface area contributed by atoms with E-state index in [2.05, 4.69) is 48.3 Å². The number of hydrogen-bond acceptors (Lipinski definition) is 2. The highest BCUT2D eigenvalue weighted by Gasteiger charge is 2.11. The smallest absolute Gasteiger partial charge is 0.116 e. The van der Waals surface area contributed by atoms with Gasteiger partial charge >= 0.3 is 0 Å². The van der Waals surface area contributed by atoms with E-state index >= 15 is 0 Å². The lowest BCUT2D eigenvalue weighted by atomic mass is 9.89. The second kappa shape index (κ2) is 6.44. The molecule has 0 aliphatic heterocycles. The van der Waals surface area contributed by atoms with Crippen molar-refractivity contribution in [3.05, 3.63) is 84.2 Å². The summed E-state index contributed by atoms with van der Waals surface area (Å²) in [5.41, 5.74) is 4.74. The predicted octanol–water partition coefficient (Wildman–Crippen LogP) is 5.00. The minimum absolute atomic E-state index is 0.296. The lowest BCUT2D eigenvalue weighted by Crippen LogP contribution is -1.99. The molecule has 1 atom stereocenters. The number of phenols is 1. The second-order valence-electron chi connectivity index (χ2n) is 5.41. The molecule has 2 nitrogen and oxygen atoms in total. The molecule has 3 aromatic rings. The minimum Gasteiger partial charge on any atom is -0.508 e. The molecule has 22 heavy (non-hydrogen) atoms. The minimum atomic E-state index is 0.296. The first-order valence-electron chi connectivity index (χ1n) is 7.57. The number of pyridine rings is 1. The molecule has 2 aromatic carbocycles. The summed E-state index contributed by atoms with van der Waals surface area (Å²) >= 11 is 0. The van der Waals surface area contributed by atoms with E-state index in [1.807, 2.05) is 24.5 Å². The van der Waals surface area contributed by atoms with Gasteiger partial charge in [-0.1, -0.05) is 43.3 Å². The fraction of sp³-hybridized carbons (Fsp3) is 0.150. The summed E-state index contributed by atoms with van der Waals surface area (Å²) in [4.78, 5) is 4.09. The van der Waals surface area contributed by atoms with Crippen LogP contribution in [0, 0.1) is 0 Å². The molecule has 0 bridgehead atoms. The van der Waals surface area contributed by atoms with Crippen molar-refractivity contribution in [2.45, 2.75) is 19.3 Å². The van der Waals surface area contributed by atoms with Gasteiger partial charge in [0.2, 0.25) is 0 Å². The first-order chi connectivity index (χ1) is 10.8. The number of hydrogen-bond donors (Lipinski definition) is 1. The molecule has 1 heterocycles.